The topological polar surface area (TPSA) is 70.7 Å². The number of nitrogens with zero attached hydrogens (tertiary/aromatic N) is 2. The van der Waals surface area contributed by atoms with Crippen molar-refractivity contribution in [2.75, 3.05) is 0 Å². The monoisotopic (exact) mass is 228 g/mol. The maximum Gasteiger partial charge on any atom is 0.255 e. The Hall–Kier alpha value is -2.43. The quantitative estimate of drug-likeness (QED) is 0.836. The molecule has 17 heavy (non-hydrogen) atoms. The van der Waals surface area contributed by atoms with Gasteiger partial charge in [-0.1, -0.05) is 18.2 Å². The Morgan fingerprint density at radius 1 is 1.35 bits per heavy atom. The van der Waals surface area contributed by atoms with E-state index in [0.717, 1.165) is 5.82 Å². The van der Waals surface area contributed by atoms with E-state index in [4.69, 9.17) is 0 Å². The van der Waals surface area contributed by atoms with Gasteiger partial charge in [0, 0.05) is 17.8 Å². The maximum absolute atomic E-state index is 11.6. The first kappa shape index (κ1) is 11.1. The van der Waals surface area contributed by atoms with Gasteiger partial charge in [-0.15, -0.1) is 0 Å². The third kappa shape index (κ3) is 3.01. The molecule has 0 aliphatic rings. The SMILES string of the molecule is Cc1nc(/C=C/NC(=O)c2ccccc2)n[nH]1. The van der Waals surface area contributed by atoms with Crippen molar-refractivity contribution in [1.29, 1.82) is 0 Å². The third-order valence-electron chi connectivity index (χ3n) is 2.10. The molecular formula is C12H12N4O. The molecule has 0 fully saturated rings. The molecule has 1 heterocycles. The summed E-state index contributed by atoms with van der Waals surface area (Å²) in [6, 6.07) is 9.00. The summed E-state index contributed by atoms with van der Waals surface area (Å²) in [6.45, 7) is 1.81. The van der Waals surface area contributed by atoms with Crippen molar-refractivity contribution < 1.29 is 4.79 Å². The third-order valence-corrected chi connectivity index (χ3v) is 2.10. The van der Waals surface area contributed by atoms with Gasteiger partial charge in [0.05, 0.1) is 0 Å². The van der Waals surface area contributed by atoms with Crippen LogP contribution >= 0.6 is 0 Å². The fourth-order valence-corrected chi connectivity index (χ4v) is 1.30. The number of amides is 1. The van der Waals surface area contributed by atoms with Crippen molar-refractivity contribution in [3.63, 3.8) is 0 Å². The zero-order chi connectivity index (χ0) is 12.1. The lowest BCUT2D eigenvalue weighted by atomic mass is 10.2. The molecule has 2 rings (SSSR count). The maximum atomic E-state index is 11.6. The molecule has 0 unspecified atom stereocenters. The van der Waals surface area contributed by atoms with Gasteiger partial charge in [0.15, 0.2) is 5.82 Å². The largest absolute Gasteiger partial charge is 0.328 e. The lowest BCUT2D eigenvalue weighted by Gasteiger charge is -1.98. The van der Waals surface area contributed by atoms with Crippen LogP contribution in [-0.4, -0.2) is 21.1 Å². The first-order valence-corrected chi connectivity index (χ1v) is 5.17. The molecule has 0 atom stereocenters. The van der Waals surface area contributed by atoms with Gasteiger partial charge in [0.1, 0.15) is 5.82 Å². The number of hydrogen-bond acceptors (Lipinski definition) is 3. The Morgan fingerprint density at radius 2 is 2.12 bits per heavy atom. The first-order chi connectivity index (χ1) is 8.25. The summed E-state index contributed by atoms with van der Waals surface area (Å²) < 4.78 is 0. The Bertz CT molecular complexity index is 530. The highest BCUT2D eigenvalue weighted by Gasteiger charge is 2.00. The fraction of sp³-hybridized carbons (Fsp3) is 0.0833. The highest BCUT2D eigenvalue weighted by atomic mass is 16.1. The molecule has 0 bridgehead atoms. The molecule has 1 aromatic carbocycles. The normalized spacial score (nSPS) is 10.6. The number of carbonyl (C=O) groups excluding carboxylic acids is 1. The number of hydrogen-bond donors (Lipinski definition) is 2. The van der Waals surface area contributed by atoms with Crippen molar-refractivity contribution in [3.8, 4) is 0 Å². The molecule has 2 N–H and O–H groups in total. The van der Waals surface area contributed by atoms with Gasteiger partial charge in [-0.2, -0.15) is 5.10 Å². The number of H-pyrrole nitrogens is 1. The van der Waals surface area contributed by atoms with Crippen LogP contribution in [0.1, 0.15) is 22.0 Å². The molecule has 1 amide bonds. The average molecular weight is 228 g/mol. The van der Waals surface area contributed by atoms with Gasteiger partial charge in [-0.25, -0.2) is 4.98 Å². The van der Waals surface area contributed by atoms with Crippen LogP contribution in [-0.2, 0) is 0 Å². The van der Waals surface area contributed by atoms with Gasteiger partial charge in [0.2, 0.25) is 0 Å². The predicted molar refractivity (Wildman–Crippen MR) is 64.1 cm³/mol. The van der Waals surface area contributed by atoms with Crippen LogP contribution in [0, 0.1) is 6.92 Å². The average Bonchev–Trinajstić information content (AvgIpc) is 2.76. The zero-order valence-corrected chi connectivity index (χ0v) is 9.34. The van der Waals surface area contributed by atoms with Crippen LogP contribution in [0.4, 0.5) is 0 Å². The second-order valence-corrected chi connectivity index (χ2v) is 3.45. The second kappa shape index (κ2) is 5.07. The molecular weight excluding hydrogens is 216 g/mol. The molecule has 0 saturated carbocycles. The van der Waals surface area contributed by atoms with E-state index in [9.17, 15) is 4.79 Å². The molecule has 86 valence electrons. The second-order valence-electron chi connectivity index (χ2n) is 3.45. The van der Waals surface area contributed by atoms with Crippen molar-refractivity contribution in [1.82, 2.24) is 20.5 Å². The van der Waals surface area contributed by atoms with E-state index in [1.54, 1.807) is 18.2 Å². The van der Waals surface area contributed by atoms with Crippen molar-refractivity contribution in [2.45, 2.75) is 6.92 Å². The van der Waals surface area contributed by atoms with Crippen molar-refractivity contribution in [2.24, 2.45) is 0 Å². The molecule has 0 spiro atoms. The molecule has 5 nitrogen and oxygen atoms in total. The number of rotatable bonds is 3. The lowest BCUT2D eigenvalue weighted by molar-refractivity contribution is 0.0970. The molecule has 0 radical (unpaired) electrons. The Balaban J connectivity index is 1.95. The number of aromatic amines is 1. The highest BCUT2D eigenvalue weighted by Crippen LogP contribution is 1.98. The first-order valence-electron chi connectivity index (χ1n) is 5.17. The summed E-state index contributed by atoms with van der Waals surface area (Å²) in [6.07, 6.45) is 3.16. The Morgan fingerprint density at radius 3 is 2.76 bits per heavy atom. The van der Waals surface area contributed by atoms with Crippen LogP contribution in [0.2, 0.25) is 0 Å². The predicted octanol–water partition coefficient (Wildman–Crippen LogP) is 1.51. The summed E-state index contributed by atoms with van der Waals surface area (Å²) in [5.74, 6) is 1.11. The van der Waals surface area contributed by atoms with E-state index in [0.29, 0.717) is 11.4 Å². The summed E-state index contributed by atoms with van der Waals surface area (Å²) in [5.41, 5.74) is 0.614. The number of aromatic nitrogens is 3. The zero-order valence-electron chi connectivity index (χ0n) is 9.34. The Kier molecular flexibility index (Phi) is 3.30. The smallest absolute Gasteiger partial charge is 0.255 e. The molecule has 5 heteroatoms. The van der Waals surface area contributed by atoms with Gasteiger partial charge in [-0.05, 0) is 19.1 Å². The van der Waals surface area contributed by atoms with Crippen LogP contribution < -0.4 is 5.32 Å². The van der Waals surface area contributed by atoms with Crippen LogP contribution in [0.25, 0.3) is 6.08 Å². The molecule has 0 aliphatic heterocycles. The van der Waals surface area contributed by atoms with Crippen LogP contribution in [0.5, 0.6) is 0 Å². The minimum Gasteiger partial charge on any atom is -0.328 e. The van der Waals surface area contributed by atoms with E-state index in [1.165, 1.54) is 6.20 Å². The molecule has 1 aromatic heterocycles. The summed E-state index contributed by atoms with van der Waals surface area (Å²) in [7, 11) is 0. The Labute approximate surface area is 98.6 Å². The van der Waals surface area contributed by atoms with E-state index in [2.05, 4.69) is 20.5 Å². The van der Waals surface area contributed by atoms with Gasteiger partial charge in [-0.3, -0.25) is 9.89 Å². The summed E-state index contributed by atoms with van der Waals surface area (Å²) in [4.78, 5) is 15.7. The number of aryl methyl sites for hydroxylation is 1. The number of benzene rings is 1. The summed E-state index contributed by atoms with van der Waals surface area (Å²) >= 11 is 0. The highest BCUT2D eigenvalue weighted by molar-refractivity contribution is 5.94. The van der Waals surface area contributed by atoms with Crippen molar-refractivity contribution in [3.05, 3.63) is 53.7 Å². The van der Waals surface area contributed by atoms with Gasteiger partial charge >= 0.3 is 0 Å². The standard InChI is InChI=1S/C12H12N4O/c1-9-14-11(16-15-9)7-8-13-12(17)10-5-3-2-4-6-10/h2-8H,1H3,(H,13,17)(H,14,15,16)/b8-7+. The fourth-order valence-electron chi connectivity index (χ4n) is 1.30. The molecule has 0 saturated heterocycles. The van der Waals surface area contributed by atoms with Crippen LogP contribution in [0.3, 0.4) is 0 Å². The van der Waals surface area contributed by atoms with Crippen LogP contribution in [0.15, 0.2) is 36.5 Å². The van der Waals surface area contributed by atoms with Gasteiger partial charge < -0.3 is 5.32 Å². The lowest BCUT2D eigenvalue weighted by Crippen LogP contribution is -2.16. The van der Waals surface area contributed by atoms with E-state index < -0.39 is 0 Å². The minimum absolute atomic E-state index is 0.158. The van der Waals surface area contributed by atoms with E-state index >= 15 is 0 Å². The molecule has 0 aliphatic carbocycles. The van der Waals surface area contributed by atoms with Crippen molar-refractivity contribution >= 4 is 12.0 Å². The minimum atomic E-state index is -0.158. The van der Waals surface area contributed by atoms with E-state index in [1.807, 2.05) is 25.1 Å². The van der Waals surface area contributed by atoms with Gasteiger partial charge in [0.25, 0.3) is 5.91 Å². The summed E-state index contributed by atoms with van der Waals surface area (Å²) in [5, 5.41) is 9.27. The molecule has 2 aromatic rings. The number of carbonyl (C=O) groups is 1. The van der Waals surface area contributed by atoms with E-state index in [-0.39, 0.29) is 5.91 Å². The number of nitrogens with one attached hydrogen (secondary N) is 2.